The van der Waals surface area contributed by atoms with E-state index in [-0.39, 0.29) is 5.91 Å². The van der Waals surface area contributed by atoms with Gasteiger partial charge in [0.05, 0.1) is 20.4 Å². The van der Waals surface area contributed by atoms with Crippen LogP contribution in [0.2, 0.25) is 0 Å². The summed E-state index contributed by atoms with van der Waals surface area (Å²) in [5.41, 5.74) is 4.09. The number of nitrogens with one attached hydrogen (secondary N) is 1. The minimum atomic E-state index is -0.313. The van der Waals surface area contributed by atoms with Gasteiger partial charge in [0, 0.05) is 11.6 Å². The number of carbonyl (C=O) groups excluding carboxylic acids is 1. The van der Waals surface area contributed by atoms with E-state index < -0.39 is 0 Å². The maximum absolute atomic E-state index is 11.7. The number of hydrazone groups is 1. The molecule has 0 saturated heterocycles. The maximum Gasteiger partial charge on any atom is 0.264 e. The summed E-state index contributed by atoms with van der Waals surface area (Å²) in [4.78, 5) is 11.7. The topological polar surface area (TPSA) is 59.9 Å². The van der Waals surface area contributed by atoms with Crippen LogP contribution in [0.3, 0.4) is 0 Å². The van der Waals surface area contributed by atoms with Gasteiger partial charge in [0.2, 0.25) is 0 Å². The number of ether oxygens (including phenoxy) is 2. The van der Waals surface area contributed by atoms with Crippen LogP contribution >= 0.6 is 0 Å². The van der Waals surface area contributed by atoms with E-state index in [0.717, 1.165) is 5.56 Å². The molecule has 0 bridgehead atoms. The predicted molar refractivity (Wildman–Crippen MR) is 90.8 cm³/mol. The van der Waals surface area contributed by atoms with Gasteiger partial charge >= 0.3 is 0 Å². The van der Waals surface area contributed by atoms with Gasteiger partial charge in [-0.15, -0.1) is 0 Å². The monoisotopic (exact) mass is 310 g/mol. The molecule has 2 rings (SSSR count). The predicted octanol–water partition coefficient (Wildman–Crippen LogP) is 2.87. The molecule has 0 heterocycles. The van der Waals surface area contributed by atoms with Crippen LogP contribution in [0, 0.1) is 0 Å². The summed E-state index contributed by atoms with van der Waals surface area (Å²) in [5, 5.41) is 3.93. The first-order chi connectivity index (χ1) is 11.2. The average Bonchev–Trinajstić information content (AvgIpc) is 2.60. The molecule has 0 aliphatic rings. The van der Waals surface area contributed by atoms with Crippen LogP contribution in [0.5, 0.6) is 11.5 Å². The van der Waals surface area contributed by atoms with E-state index in [9.17, 15) is 4.79 Å². The van der Waals surface area contributed by atoms with Crippen molar-refractivity contribution in [2.45, 2.75) is 0 Å². The van der Waals surface area contributed by atoms with Crippen LogP contribution < -0.4 is 14.9 Å². The second-order valence-electron chi connectivity index (χ2n) is 4.56. The number of nitrogens with zero attached hydrogens (tertiary/aromatic N) is 1. The Hall–Kier alpha value is -3.08. The highest BCUT2D eigenvalue weighted by molar-refractivity contribution is 5.93. The molecule has 0 unspecified atom stereocenters. The third-order valence-electron chi connectivity index (χ3n) is 3.04. The van der Waals surface area contributed by atoms with Gasteiger partial charge in [-0.1, -0.05) is 36.4 Å². The first kappa shape index (κ1) is 16.3. The van der Waals surface area contributed by atoms with E-state index in [2.05, 4.69) is 10.5 Å². The smallest absolute Gasteiger partial charge is 0.264 e. The zero-order valence-corrected chi connectivity index (χ0v) is 13.0. The Labute approximate surface area is 135 Å². The normalized spacial score (nSPS) is 10.9. The van der Waals surface area contributed by atoms with E-state index >= 15 is 0 Å². The van der Waals surface area contributed by atoms with Gasteiger partial charge in [0.15, 0.2) is 11.5 Å². The molecule has 5 heteroatoms. The molecule has 23 heavy (non-hydrogen) atoms. The minimum Gasteiger partial charge on any atom is -0.493 e. The van der Waals surface area contributed by atoms with E-state index in [1.807, 2.05) is 42.5 Å². The lowest BCUT2D eigenvalue weighted by atomic mass is 10.2. The van der Waals surface area contributed by atoms with Crippen LogP contribution in [0.25, 0.3) is 6.08 Å². The SMILES string of the molecule is COc1cccc(C=NNC(=O)/C=C/c2ccccc2)c1OC. The molecule has 1 N–H and O–H groups in total. The van der Waals surface area contributed by atoms with Crippen molar-refractivity contribution in [2.75, 3.05) is 14.2 Å². The molecule has 0 aliphatic heterocycles. The standard InChI is InChI=1S/C18H18N2O3/c1-22-16-10-6-9-15(18(16)23-2)13-19-20-17(21)12-11-14-7-4-3-5-8-14/h3-13H,1-2H3,(H,20,21)/b12-11+,19-13?. The molecule has 1 amide bonds. The molecular weight excluding hydrogens is 292 g/mol. The highest BCUT2D eigenvalue weighted by Gasteiger charge is 2.07. The number of rotatable bonds is 6. The molecule has 0 atom stereocenters. The van der Waals surface area contributed by atoms with E-state index in [0.29, 0.717) is 17.1 Å². The summed E-state index contributed by atoms with van der Waals surface area (Å²) in [6.07, 6.45) is 4.65. The largest absolute Gasteiger partial charge is 0.493 e. The van der Waals surface area contributed by atoms with Crippen molar-refractivity contribution in [3.05, 3.63) is 65.7 Å². The van der Waals surface area contributed by atoms with E-state index in [1.165, 1.54) is 12.3 Å². The molecule has 0 saturated carbocycles. The van der Waals surface area contributed by atoms with Crippen molar-refractivity contribution < 1.29 is 14.3 Å². The fraction of sp³-hybridized carbons (Fsp3) is 0.111. The Balaban J connectivity index is 1.99. The third-order valence-corrected chi connectivity index (χ3v) is 3.04. The van der Waals surface area contributed by atoms with Gasteiger partial charge in [0.25, 0.3) is 5.91 Å². The van der Waals surface area contributed by atoms with E-state index in [1.54, 1.807) is 26.4 Å². The summed E-state index contributed by atoms with van der Waals surface area (Å²) < 4.78 is 10.5. The molecule has 0 spiro atoms. The molecule has 2 aromatic rings. The molecule has 0 aliphatic carbocycles. The number of hydrogen-bond donors (Lipinski definition) is 1. The maximum atomic E-state index is 11.7. The number of para-hydroxylation sites is 1. The lowest BCUT2D eigenvalue weighted by molar-refractivity contribution is -0.116. The second-order valence-corrected chi connectivity index (χ2v) is 4.56. The fourth-order valence-electron chi connectivity index (χ4n) is 1.95. The highest BCUT2D eigenvalue weighted by atomic mass is 16.5. The lowest BCUT2D eigenvalue weighted by Crippen LogP contribution is -2.14. The average molecular weight is 310 g/mol. The number of hydrogen-bond acceptors (Lipinski definition) is 4. The van der Waals surface area contributed by atoms with Gasteiger partial charge in [-0.2, -0.15) is 5.10 Å². The van der Waals surface area contributed by atoms with Gasteiger partial charge in [-0.3, -0.25) is 4.79 Å². The van der Waals surface area contributed by atoms with Crippen molar-refractivity contribution in [1.82, 2.24) is 5.43 Å². The Morgan fingerprint density at radius 3 is 2.52 bits per heavy atom. The van der Waals surface area contributed by atoms with Gasteiger partial charge < -0.3 is 9.47 Å². The Bertz CT molecular complexity index is 709. The van der Waals surface area contributed by atoms with Crippen LogP contribution in [0.4, 0.5) is 0 Å². The molecule has 0 fully saturated rings. The number of carbonyl (C=O) groups is 1. The lowest BCUT2D eigenvalue weighted by Gasteiger charge is -2.09. The zero-order chi connectivity index (χ0) is 16.5. The molecule has 0 radical (unpaired) electrons. The molecule has 2 aromatic carbocycles. The van der Waals surface area contributed by atoms with Gasteiger partial charge in [-0.05, 0) is 23.8 Å². The number of amides is 1. The number of methoxy groups -OCH3 is 2. The fourth-order valence-corrected chi connectivity index (χ4v) is 1.95. The molecular formula is C18H18N2O3. The second kappa shape index (κ2) is 8.38. The Kier molecular flexibility index (Phi) is 5.94. The van der Waals surface area contributed by atoms with Crippen LogP contribution in [0.1, 0.15) is 11.1 Å². The van der Waals surface area contributed by atoms with Crippen molar-refractivity contribution in [3.63, 3.8) is 0 Å². The summed E-state index contributed by atoms with van der Waals surface area (Å²) in [5.74, 6) is 0.853. The van der Waals surface area contributed by atoms with Crippen molar-refractivity contribution in [3.8, 4) is 11.5 Å². The van der Waals surface area contributed by atoms with Crippen LogP contribution in [-0.4, -0.2) is 26.3 Å². The quantitative estimate of drug-likeness (QED) is 0.507. The van der Waals surface area contributed by atoms with Crippen LogP contribution in [-0.2, 0) is 4.79 Å². The minimum absolute atomic E-state index is 0.313. The Morgan fingerprint density at radius 1 is 1.04 bits per heavy atom. The Morgan fingerprint density at radius 2 is 1.83 bits per heavy atom. The van der Waals surface area contributed by atoms with E-state index in [4.69, 9.17) is 9.47 Å². The van der Waals surface area contributed by atoms with Gasteiger partial charge in [-0.25, -0.2) is 5.43 Å². The summed E-state index contributed by atoms with van der Waals surface area (Å²) in [6.45, 7) is 0. The number of benzene rings is 2. The van der Waals surface area contributed by atoms with Gasteiger partial charge in [0.1, 0.15) is 0 Å². The molecule has 0 aromatic heterocycles. The van der Waals surface area contributed by atoms with Crippen molar-refractivity contribution in [2.24, 2.45) is 5.10 Å². The van der Waals surface area contributed by atoms with Crippen molar-refractivity contribution >= 4 is 18.2 Å². The first-order valence-electron chi connectivity index (χ1n) is 7.01. The van der Waals surface area contributed by atoms with Crippen molar-refractivity contribution in [1.29, 1.82) is 0 Å². The highest BCUT2D eigenvalue weighted by Crippen LogP contribution is 2.29. The summed E-state index contributed by atoms with van der Waals surface area (Å²) in [7, 11) is 3.12. The molecule has 5 nitrogen and oxygen atoms in total. The molecule has 118 valence electrons. The zero-order valence-electron chi connectivity index (χ0n) is 13.0. The summed E-state index contributed by atoms with van der Waals surface area (Å²) in [6, 6.07) is 15.0. The first-order valence-corrected chi connectivity index (χ1v) is 7.01. The summed E-state index contributed by atoms with van der Waals surface area (Å²) >= 11 is 0. The third kappa shape index (κ3) is 4.71. The van der Waals surface area contributed by atoms with Crippen LogP contribution in [0.15, 0.2) is 59.7 Å².